The number of rotatable bonds is 8. The van der Waals surface area contributed by atoms with Crippen molar-refractivity contribution < 1.29 is 13.2 Å². The van der Waals surface area contributed by atoms with Crippen molar-refractivity contribution >= 4 is 43.5 Å². The van der Waals surface area contributed by atoms with Crippen molar-refractivity contribution in [1.29, 1.82) is 0 Å². The molecule has 27 heavy (non-hydrogen) atoms. The van der Waals surface area contributed by atoms with Crippen molar-refractivity contribution in [3.05, 3.63) is 63.6 Å². The van der Waals surface area contributed by atoms with Crippen LogP contribution in [-0.2, 0) is 21.4 Å². The number of carbonyl (C=O) groups is 1. The van der Waals surface area contributed by atoms with Gasteiger partial charge in [0.2, 0.25) is 15.9 Å². The Bertz CT molecular complexity index is 867. The number of halogens is 2. The standard InChI is InChI=1S/C19H22BrClN2O3S/c1-3-22(4-2)19(24)14-23(13-15-5-9-17(21)10-6-15)27(25,26)18-11-7-16(20)8-12-18/h5-12H,3-4,13-14H2,1-2H3. The summed E-state index contributed by atoms with van der Waals surface area (Å²) < 4.78 is 28.3. The first kappa shape index (κ1) is 21.9. The van der Waals surface area contributed by atoms with E-state index in [9.17, 15) is 13.2 Å². The maximum absolute atomic E-state index is 13.2. The van der Waals surface area contributed by atoms with E-state index in [2.05, 4.69) is 15.9 Å². The molecule has 0 atom stereocenters. The summed E-state index contributed by atoms with van der Waals surface area (Å²) in [4.78, 5) is 14.3. The lowest BCUT2D eigenvalue weighted by atomic mass is 10.2. The molecule has 0 unspecified atom stereocenters. The van der Waals surface area contributed by atoms with Crippen molar-refractivity contribution in [1.82, 2.24) is 9.21 Å². The van der Waals surface area contributed by atoms with E-state index in [1.165, 1.54) is 16.4 Å². The predicted molar refractivity (Wildman–Crippen MR) is 111 cm³/mol. The third-order valence-electron chi connectivity index (χ3n) is 4.15. The minimum Gasteiger partial charge on any atom is -0.342 e. The first-order valence-corrected chi connectivity index (χ1v) is 11.2. The van der Waals surface area contributed by atoms with E-state index in [1.54, 1.807) is 41.3 Å². The summed E-state index contributed by atoms with van der Waals surface area (Å²) in [7, 11) is -3.84. The monoisotopic (exact) mass is 472 g/mol. The second-order valence-electron chi connectivity index (χ2n) is 5.92. The van der Waals surface area contributed by atoms with Crippen molar-refractivity contribution in [2.45, 2.75) is 25.3 Å². The zero-order valence-corrected chi connectivity index (χ0v) is 18.4. The molecule has 2 aromatic rings. The van der Waals surface area contributed by atoms with E-state index in [0.29, 0.717) is 18.1 Å². The van der Waals surface area contributed by atoms with Crippen LogP contribution in [0.3, 0.4) is 0 Å². The lowest BCUT2D eigenvalue weighted by Crippen LogP contribution is -2.42. The molecule has 0 N–H and O–H groups in total. The summed E-state index contributed by atoms with van der Waals surface area (Å²) in [5.74, 6) is -0.227. The molecule has 146 valence electrons. The Labute approximate surface area is 174 Å². The molecule has 0 bridgehead atoms. The Morgan fingerprint density at radius 1 is 1.00 bits per heavy atom. The number of sulfonamides is 1. The van der Waals surface area contributed by atoms with Gasteiger partial charge in [0.05, 0.1) is 11.4 Å². The molecule has 0 radical (unpaired) electrons. The van der Waals surface area contributed by atoms with Gasteiger partial charge in [0.1, 0.15) is 0 Å². The van der Waals surface area contributed by atoms with Crippen LogP contribution in [0.4, 0.5) is 0 Å². The van der Waals surface area contributed by atoms with E-state index in [-0.39, 0.29) is 23.9 Å². The van der Waals surface area contributed by atoms with Crippen molar-refractivity contribution in [3.8, 4) is 0 Å². The van der Waals surface area contributed by atoms with Crippen LogP contribution in [0.2, 0.25) is 5.02 Å². The van der Waals surface area contributed by atoms with Gasteiger partial charge in [-0.05, 0) is 55.8 Å². The molecule has 0 aliphatic heterocycles. The SMILES string of the molecule is CCN(CC)C(=O)CN(Cc1ccc(Cl)cc1)S(=O)(=O)c1ccc(Br)cc1. The van der Waals surface area contributed by atoms with Gasteiger partial charge >= 0.3 is 0 Å². The molecule has 0 saturated heterocycles. The van der Waals surface area contributed by atoms with Crippen LogP contribution in [-0.4, -0.2) is 43.2 Å². The van der Waals surface area contributed by atoms with E-state index < -0.39 is 10.0 Å². The number of hydrogen-bond donors (Lipinski definition) is 0. The molecular formula is C19H22BrClN2O3S. The maximum atomic E-state index is 13.2. The summed E-state index contributed by atoms with van der Waals surface area (Å²) in [6.07, 6.45) is 0. The molecule has 2 aromatic carbocycles. The summed E-state index contributed by atoms with van der Waals surface area (Å²) in [5.41, 5.74) is 0.757. The minimum atomic E-state index is -3.84. The number of nitrogens with zero attached hydrogens (tertiary/aromatic N) is 2. The van der Waals surface area contributed by atoms with Gasteiger partial charge in [-0.15, -0.1) is 0 Å². The Morgan fingerprint density at radius 3 is 2.07 bits per heavy atom. The highest BCUT2D eigenvalue weighted by Crippen LogP contribution is 2.21. The zero-order chi connectivity index (χ0) is 20.0. The zero-order valence-electron chi connectivity index (χ0n) is 15.2. The second kappa shape index (κ2) is 9.68. The fourth-order valence-corrected chi connectivity index (χ4v) is 4.37. The highest BCUT2D eigenvalue weighted by molar-refractivity contribution is 9.10. The van der Waals surface area contributed by atoms with Crippen LogP contribution in [0.1, 0.15) is 19.4 Å². The van der Waals surface area contributed by atoms with Crippen LogP contribution in [0.15, 0.2) is 57.9 Å². The van der Waals surface area contributed by atoms with Gasteiger partial charge in [0.25, 0.3) is 0 Å². The Kier molecular flexibility index (Phi) is 7.85. The number of likely N-dealkylation sites (N-methyl/N-ethyl adjacent to an activating group) is 1. The van der Waals surface area contributed by atoms with Crippen LogP contribution in [0.5, 0.6) is 0 Å². The maximum Gasteiger partial charge on any atom is 0.243 e. The molecule has 8 heteroatoms. The lowest BCUT2D eigenvalue weighted by molar-refractivity contribution is -0.131. The van der Waals surface area contributed by atoms with Gasteiger partial charge in [-0.2, -0.15) is 4.31 Å². The summed E-state index contributed by atoms with van der Waals surface area (Å²) >= 11 is 9.22. The van der Waals surface area contributed by atoms with Gasteiger partial charge < -0.3 is 4.90 Å². The smallest absolute Gasteiger partial charge is 0.243 e. The molecule has 0 aromatic heterocycles. The van der Waals surface area contributed by atoms with Crippen LogP contribution in [0.25, 0.3) is 0 Å². The molecule has 0 aliphatic rings. The largest absolute Gasteiger partial charge is 0.342 e. The van der Waals surface area contributed by atoms with Gasteiger partial charge in [-0.3, -0.25) is 4.79 Å². The molecule has 1 amide bonds. The van der Waals surface area contributed by atoms with Crippen LogP contribution < -0.4 is 0 Å². The predicted octanol–water partition coefficient (Wildman–Crippen LogP) is 4.16. The fourth-order valence-electron chi connectivity index (χ4n) is 2.60. The van der Waals surface area contributed by atoms with Crippen molar-refractivity contribution in [2.75, 3.05) is 19.6 Å². The van der Waals surface area contributed by atoms with Gasteiger partial charge in [-0.25, -0.2) is 8.42 Å². The van der Waals surface area contributed by atoms with Gasteiger partial charge in [-0.1, -0.05) is 39.7 Å². The highest BCUT2D eigenvalue weighted by Gasteiger charge is 2.28. The van der Waals surface area contributed by atoms with Gasteiger partial charge in [0.15, 0.2) is 0 Å². The van der Waals surface area contributed by atoms with Crippen LogP contribution >= 0.6 is 27.5 Å². The Morgan fingerprint density at radius 2 is 1.56 bits per heavy atom. The Hall–Kier alpha value is -1.41. The third kappa shape index (κ3) is 5.78. The highest BCUT2D eigenvalue weighted by atomic mass is 79.9. The van der Waals surface area contributed by atoms with Crippen molar-refractivity contribution in [3.63, 3.8) is 0 Å². The lowest BCUT2D eigenvalue weighted by Gasteiger charge is -2.26. The number of benzene rings is 2. The van der Waals surface area contributed by atoms with Crippen molar-refractivity contribution in [2.24, 2.45) is 0 Å². The quantitative estimate of drug-likeness (QED) is 0.578. The Balaban J connectivity index is 2.36. The average molecular weight is 474 g/mol. The van der Waals surface area contributed by atoms with E-state index in [4.69, 9.17) is 11.6 Å². The van der Waals surface area contributed by atoms with E-state index in [0.717, 1.165) is 10.0 Å². The number of amides is 1. The molecule has 2 rings (SSSR count). The number of carbonyl (C=O) groups excluding carboxylic acids is 1. The molecule has 0 aliphatic carbocycles. The second-order valence-corrected chi connectivity index (χ2v) is 9.21. The molecule has 0 heterocycles. The van der Waals surface area contributed by atoms with E-state index in [1.807, 2.05) is 13.8 Å². The summed E-state index contributed by atoms with van der Waals surface area (Å²) in [5, 5.41) is 0.570. The average Bonchev–Trinajstić information content (AvgIpc) is 2.64. The fraction of sp³-hybridized carbons (Fsp3) is 0.316. The van der Waals surface area contributed by atoms with Gasteiger partial charge in [0, 0.05) is 29.1 Å². The van der Waals surface area contributed by atoms with E-state index >= 15 is 0 Å². The normalized spacial score (nSPS) is 11.6. The number of hydrogen-bond acceptors (Lipinski definition) is 3. The minimum absolute atomic E-state index is 0.0859. The summed E-state index contributed by atoms with van der Waals surface area (Å²) in [6.45, 7) is 4.67. The third-order valence-corrected chi connectivity index (χ3v) is 6.74. The molecule has 0 spiro atoms. The topological polar surface area (TPSA) is 57.7 Å². The first-order valence-electron chi connectivity index (χ1n) is 8.55. The molecule has 0 saturated carbocycles. The molecule has 5 nitrogen and oxygen atoms in total. The molecular weight excluding hydrogens is 452 g/mol. The first-order chi connectivity index (χ1) is 12.8. The van der Waals surface area contributed by atoms with Crippen LogP contribution in [0, 0.1) is 0 Å². The summed E-state index contributed by atoms with van der Waals surface area (Å²) in [6, 6.07) is 13.3. The molecule has 0 fully saturated rings.